The van der Waals surface area contributed by atoms with Gasteiger partial charge < -0.3 is 15.4 Å². The van der Waals surface area contributed by atoms with E-state index < -0.39 is 0 Å². The average Bonchev–Trinajstić information content (AvgIpc) is 2.78. The van der Waals surface area contributed by atoms with Crippen molar-refractivity contribution in [3.63, 3.8) is 0 Å². The summed E-state index contributed by atoms with van der Waals surface area (Å²) in [6.07, 6.45) is 0.957. The van der Waals surface area contributed by atoms with Gasteiger partial charge >= 0.3 is 0 Å². The quantitative estimate of drug-likeness (QED) is 0.902. The lowest BCUT2D eigenvalue weighted by Gasteiger charge is -2.20. The molecule has 1 heterocycles. The Bertz CT molecular complexity index is 447. The number of amides is 1. The molecule has 1 aliphatic rings. The predicted molar refractivity (Wildman–Crippen MR) is 72.0 cm³/mol. The molecule has 1 amide bonds. The third-order valence-corrected chi connectivity index (χ3v) is 3.48. The summed E-state index contributed by atoms with van der Waals surface area (Å²) < 4.78 is 5.14. The highest BCUT2D eigenvalue weighted by Gasteiger charge is 2.26. The average molecular weight is 269 g/mol. The molecule has 2 N–H and O–H groups in total. The maximum atomic E-state index is 12.2. The molecule has 0 fully saturated rings. The van der Waals surface area contributed by atoms with Crippen LogP contribution < -0.4 is 10.6 Å². The van der Waals surface area contributed by atoms with E-state index in [1.54, 1.807) is 12.0 Å². The van der Waals surface area contributed by atoms with Crippen LogP contribution in [0.2, 0.25) is 5.02 Å². The van der Waals surface area contributed by atoms with Gasteiger partial charge in [0.25, 0.3) is 0 Å². The van der Waals surface area contributed by atoms with Crippen LogP contribution in [0.1, 0.15) is 12.0 Å². The van der Waals surface area contributed by atoms with Gasteiger partial charge in [0, 0.05) is 30.9 Å². The predicted octanol–water partition coefficient (Wildman–Crippen LogP) is 1.59. The molecule has 1 atom stereocenters. The largest absolute Gasteiger partial charge is 0.380 e. The molecule has 0 saturated heterocycles. The summed E-state index contributed by atoms with van der Waals surface area (Å²) in [6.45, 7) is 1.05. The van der Waals surface area contributed by atoms with Gasteiger partial charge in [-0.05, 0) is 24.1 Å². The minimum absolute atomic E-state index is 0.0355. The molecular formula is C13H17ClN2O2. The first kappa shape index (κ1) is 13.3. The summed E-state index contributed by atoms with van der Waals surface area (Å²) in [7, 11) is 1.57. The van der Waals surface area contributed by atoms with Gasteiger partial charge in [0.05, 0.1) is 12.5 Å². The number of nitrogens with zero attached hydrogens (tertiary/aromatic N) is 1. The first-order valence-electron chi connectivity index (χ1n) is 5.97. The summed E-state index contributed by atoms with van der Waals surface area (Å²) in [5, 5.41) is 0.649. The topological polar surface area (TPSA) is 55.6 Å². The normalized spacial score (nSPS) is 15.6. The first-order chi connectivity index (χ1) is 8.65. The van der Waals surface area contributed by atoms with E-state index >= 15 is 0 Å². The molecule has 1 aliphatic heterocycles. The lowest BCUT2D eigenvalue weighted by Crippen LogP contribution is -2.35. The maximum Gasteiger partial charge on any atom is 0.229 e. The van der Waals surface area contributed by atoms with Crippen molar-refractivity contribution < 1.29 is 9.53 Å². The summed E-state index contributed by atoms with van der Waals surface area (Å²) in [5.41, 5.74) is 7.61. The number of anilines is 1. The van der Waals surface area contributed by atoms with E-state index in [0.717, 1.165) is 17.7 Å². The van der Waals surface area contributed by atoms with E-state index in [-0.39, 0.29) is 12.0 Å². The van der Waals surface area contributed by atoms with E-state index in [4.69, 9.17) is 22.1 Å². The van der Waals surface area contributed by atoms with Crippen LogP contribution in [-0.4, -0.2) is 32.2 Å². The van der Waals surface area contributed by atoms with Crippen LogP contribution in [0.25, 0.3) is 0 Å². The van der Waals surface area contributed by atoms with Crippen LogP contribution >= 0.6 is 11.6 Å². The molecule has 1 aromatic carbocycles. The van der Waals surface area contributed by atoms with E-state index in [1.165, 1.54) is 0 Å². The minimum Gasteiger partial charge on any atom is -0.380 e. The molecule has 0 aliphatic carbocycles. The number of halogens is 1. The van der Waals surface area contributed by atoms with Crippen molar-refractivity contribution in [1.29, 1.82) is 0 Å². The molecule has 4 nitrogen and oxygen atoms in total. The number of hydrogen-bond donors (Lipinski definition) is 1. The number of hydrogen-bond acceptors (Lipinski definition) is 3. The van der Waals surface area contributed by atoms with Crippen molar-refractivity contribution in [2.45, 2.75) is 18.9 Å². The zero-order chi connectivity index (χ0) is 13.1. The lowest BCUT2D eigenvalue weighted by atomic mass is 10.1. The molecule has 1 unspecified atom stereocenters. The molecule has 0 radical (unpaired) electrons. The van der Waals surface area contributed by atoms with Crippen LogP contribution in [0.4, 0.5) is 5.69 Å². The van der Waals surface area contributed by atoms with Crippen LogP contribution in [0.3, 0.4) is 0 Å². The van der Waals surface area contributed by atoms with Crippen LogP contribution in [0.15, 0.2) is 18.2 Å². The first-order valence-corrected chi connectivity index (χ1v) is 6.35. The molecular weight excluding hydrogens is 252 g/mol. The van der Waals surface area contributed by atoms with Gasteiger partial charge in [-0.25, -0.2) is 0 Å². The van der Waals surface area contributed by atoms with Crippen LogP contribution in [0.5, 0.6) is 0 Å². The number of ether oxygens (including phenoxy) is 1. The Kier molecular flexibility index (Phi) is 4.22. The van der Waals surface area contributed by atoms with Crippen molar-refractivity contribution in [2.24, 2.45) is 5.73 Å². The van der Waals surface area contributed by atoms with Gasteiger partial charge in [0.15, 0.2) is 0 Å². The zero-order valence-corrected chi connectivity index (χ0v) is 11.1. The van der Waals surface area contributed by atoms with Crippen LogP contribution in [-0.2, 0) is 16.0 Å². The minimum atomic E-state index is -0.222. The van der Waals surface area contributed by atoms with Gasteiger partial charge in [-0.1, -0.05) is 17.7 Å². The third kappa shape index (κ3) is 2.66. The van der Waals surface area contributed by atoms with E-state index in [9.17, 15) is 4.79 Å². The van der Waals surface area contributed by atoms with Crippen molar-refractivity contribution in [3.8, 4) is 0 Å². The van der Waals surface area contributed by atoms with Gasteiger partial charge in [-0.3, -0.25) is 4.79 Å². The monoisotopic (exact) mass is 268 g/mol. The fraction of sp³-hybridized carbons (Fsp3) is 0.462. The molecule has 0 aromatic heterocycles. The number of carbonyl (C=O) groups is 1. The second-order valence-corrected chi connectivity index (χ2v) is 4.80. The second kappa shape index (κ2) is 5.69. The summed E-state index contributed by atoms with van der Waals surface area (Å²) >= 11 is 5.97. The Morgan fingerprint density at radius 2 is 2.39 bits per heavy atom. The molecule has 1 aromatic rings. The molecule has 98 valence electrons. The number of fused-ring (bicyclic) bond motifs is 1. The fourth-order valence-corrected chi connectivity index (χ4v) is 2.35. The standard InChI is InChI=1S/C13H17ClN2O2/c1-18-11(8-15)7-13(17)16-5-4-9-2-3-10(14)6-12(9)16/h2-3,6,11H,4-5,7-8,15H2,1H3. The van der Waals surface area contributed by atoms with Crippen molar-refractivity contribution in [2.75, 3.05) is 25.1 Å². The summed E-state index contributed by atoms with van der Waals surface area (Å²) in [6, 6.07) is 5.67. The zero-order valence-electron chi connectivity index (χ0n) is 10.4. The van der Waals surface area contributed by atoms with Crippen molar-refractivity contribution in [3.05, 3.63) is 28.8 Å². The lowest BCUT2D eigenvalue weighted by molar-refractivity contribution is -0.120. The molecule has 0 bridgehead atoms. The van der Waals surface area contributed by atoms with Gasteiger partial charge in [-0.2, -0.15) is 0 Å². The molecule has 5 heteroatoms. The van der Waals surface area contributed by atoms with Gasteiger partial charge in [-0.15, -0.1) is 0 Å². The highest BCUT2D eigenvalue weighted by Crippen LogP contribution is 2.31. The fourth-order valence-electron chi connectivity index (χ4n) is 2.18. The smallest absolute Gasteiger partial charge is 0.229 e. The number of carbonyl (C=O) groups excluding carboxylic acids is 1. The van der Waals surface area contributed by atoms with Crippen molar-refractivity contribution in [1.82, 2.24) is 0 Å². The summed E-state index contributed by atoms with van der Waals surface area (Å²) in [4.78, 5) is 14.0. The SMILES string of the molecule is COC(CN)CC(=O)N1CCc2ccc(Cl)cc21. The molecule has 2 rings (SSSR count). The second-order valence-electron chi connectivity index (χ2n) is 4.37. The number of benzene rings is 1. The molecule has 0 saturated carbocycles. The van der Waals surface area contributed by atoms with E-state index in [2.05, 4.69) is 0 Å². The Morgan fingerprint density at radius 3 is 3.06 bits per heavy atom. The number of methoxy groups -OCH3 is 1. The summed E-state index contributed by atoms with van der Waals surface area (Å²) in [5.74, 6) is 0.0355. The Hall–Kier alpha value is -1.10. The third-order valence-electron chi connectivity index (χ3n) is 3.24. The molecule has 18 heavy (non-hydrogen) atoms. The Labute approximate surface area is 112 Å². The molecule has 0 spiro atoms. The number of nitrogens with two attached hydrogens (primary N) is 1. The highest BCUT2D eigenvalue weighted by atomic mass is 35.5. The highest BCUT2D eigenvalue weighted by molar-refractivity contribution is 6.31. The Balaban J connectivity index is 2.13. The number of rotatable bonds is 4. The van der Waals surface area contributed by atoms with Gasteiger partial charge in [0.1, 0.15) is 0 Å². The maximum absolute atomic E-state index is 12.2. The van der Waals surface area contributed by atoms with E-state index in [0.29, 0.717) is 24.5 Å². The van der Waals surface area contributed by atoms with Gasteiger partial charge in [0.2, 0.25) is 5.91 Å². The van der Waals surface area contributed by atoms with E-state index in [1.807, 2.05) is 18.2 Å². The Morgan fingerprint density at radius 1 is 1.61 bits per heavy atom. The van der Waals surface area contributed by atoms with Crippen molar-refractivity contribution >= 4 is 23.2 Å². The van der Waals surface area contributed by atoms with Crippen LogP contribution in [0, 0.1) is 0 Å².